The SMILES string of the molecule is CCOc1ccccc1Oc1ccccc1CN1C=NCC1. The van der Waals surface area contributed by atoms with Crippen LogP contribution in [0.4, 0.5) is 0 Å². The fourth-order valence-corrected chi connectivity index (χ4v) is 2.42. The zero-order valence-electron chi connectivity index (χ0n) is 12.7. The number of nitrogens with zero attached hydrogens (tertiary/aromatic N) is 2. The van der Waals surface area contributed by atoms with Crippen LogP contribution in [0.2, 0.25) is 0 Å². The molecule has 0 spiro atoms. The maximum absolute atomic E-state index is 6.11. The van der Waals surface area contributed by atoms with Gasteiger partial charge in [0.05, 0.1) is 19.5 Å². The van der Waals surface area contributed by atoms with Crippen molar-refractivity contribution in [3.8, 4) is 17.2 Å². The quantitative estimate of drug-likeness (QED) is 0.814. The molecule has 0 bridgehead atoms. The number of para-hydroxylation sites is 3. The summed E-state index contributed by atoms with van der Waals surface area (Å²) in [6.45, 7) is 5.22. The largest absolute Gasteiger partial charge is 0.490 e. The third-order valence-corrected chi connectivity index (χ3v) is 3.48. The highest BCUT2D eigenvalue weighted by molar-refractivity contribution is 5.57. The van der Waals surface area contributed by atoms with Gasteiger partial charge in [0, 0.05) is 18.7 Å². The molecule has 0 atom stereocenters. The van der Waals surface area contributed by atoms with Crippen molar-refractivity contribution in [1.82, 2.24) is 4.90 Å². The third-order valence-electron chi connectivity index (χ3n) is 3.48. The van der Waals surface area contributed by atoms with E-state index in [0.717, 1.165) is 42.4 Å². The van der Waals surface area contributed by atoms with Gasteiger partial charge in [-0.15, -0.1) is 0 Å². The number of benzene rings is 2. The minimum absolute atomic E-state index is 0.617. The first-order valence-electron chi connectivity index (χ1n) is 7.58. The van der Waals surface area contributed by atoms with Gasteiger partial charge >= 0.3 is 0 Å². The van der Waals surface area contributed by atoms with Crippen LogP contribution in [0.3, 0.4) is 0 Å². The fraction of sp³-hybridized carbons (Fsp3) is 0.278. The van der Waals surface area contributed by atoms with Crippen LogP contribution in [0.1, 0.15) is 12.5 Å². The molecule has 0 fully saturated rings. The molecule has 4 nitrogen and oxygen atoms in total. The third kappa shape index (κ3) is 3.39. The summed E-state index contributed by atoms with van der Waals surface area (Å²) in [5, 5.41) is 0. The molecule has 22 heavy (non-hydrogen) atoms. The Bertz CT molecular complexity index is 655. The van der Waals surface area contributed by atoms with Crippen molar-refractivity contribution in [2.75, 3.05) is 19.7 Å². The predicted molar refractivity (Wildman–Crippen MR) is 87.9 cm³/mol. The van der Waals surface area contributed by atoms with Crippen molar-refractivity contribution < 1.29 is 9.47 Å². The lowest BCUT2D eigenvalue weighted by Gasteiger charge is -2.18. The Labute approximate surface area is 131 Å². The van der Waals surface area contributed by atoms with E-state index in [0.29, 0.717) is 6.61 Å². The lowest BCUT2D eigenvalue weighted by molar-refractivity contribution is 0.320. The summed E-state index contributed by atoms with van der Waals surface area (Å²) < 4.78 is 11.7. The summed E-state index contributed by atoms with van der Waals surface area (Å²) in [5.41, 5.74) is 1.14. The molecule has 1 aliphatic heterocycles. The van der Waals surface area contributed by atoms with E-state index < -0.39 is 0 Å². The molecule has 3 rings (SSSR count). The molecule has 0 radical (unpaired) electrons. The average molecular weight is 296 g/mol. The van der Waals surface area contributed by atoms with Crippen molar-refractivity contribution in [3.05, 3.63) is 54.1 Å². The first-order valence-corrected chi connectivity index (χ1v) is 7.58. The minimum atomic E-state index is 0.617. The van der Waals surface area contributed by atoms with E-state index in [2.05, 4.69) is 16.0 Å². The number of rotatable bonds is 6. The van der Waals surface area contributed by atoms with Crippen LogP contribution in [0, 0.1) is 0 Å². The van der Waals surface area contributed by atoms with Gasteiger partial charge in [-0.1, -0.05) is 30.3 Å². The smallest absolute Gasteiger partial charge is 0.169 e. The van der Waals surface area contributed by atoms with Crippen molar-refractivity contribution in [1.29, 1.82) is 0 Å². The van der Waals surface area contributed by atoms with Gasteiger partial charge in [-0.3, -0.25) is 4.99 Å². The van der Waals surface area contributed by atoms with Gasteiger partial charge in [0.15, 0.2) is 11.5 Å². The van der Waals surface area contributed by atoms with Gasteiger partial charge in [-0.05, 0) is 25.1 Å². The number of hydrogen-bond donors (Lipinski definition) is 0. The molecular formula is C18H20N2O2. The standard InChI is InChI=1S/C18H20N2O2/c1-2-21-17-9-5-6-10-18(17)22-16-8-4-3-7-15(16)13-20-12-11-19-14-20/h3-10,14H,2,11-13H2,1H3. The average Bonchev–Trinajstić information content (AvgIpc) is 3.04. The van der Waals surface area contributed by atoms with Gasteiger partial charge in [0.1, 0.15) is 5.75 Å². The molecule has 1 heterocycles. The number of ether oxygens (including phenoxy) is 2. The first kappa shape index (κ1) is 14.4. The van der Waals surface area contributed by atoms with Crippen molar-refractivity contribution in [2.24, 2.45) is 4.99 Å². The lowest BCUT2D eigenvalue weighted by atomic mass is 10.2. The Morgan fingerprint density at radius 2 is 1.73 bits per heavy atom. The molecule has 0 unspecified atom stereocenters. The molecule has 0 amide bonds. The van der Waals surface area contributed by atoms with Crippen LogP contribution in [0.25, 0.3) is 0 Å². The van der Waals surface area contributed by atoms with E-state index in [-0.39, 0.29) is 0 Å². The molecule has 0 N–H and O–H groups in total. The van der Waals surface area contributed by atoms with E-state index in [9.17, 15) is 0 Å². The molecule has 0 saturated heterocycles. The molecule has 4 heteroatoms. The van der Waals surface area contributed by atoms with E-state index in [4.69, 9.17) is 9.47 Å². The molecule has 1 aliphatic rings. The van der Waals surface area contributed by atoms with E-state index >= 15 is 0 Å². The molecule has 0 saturated carbocycles. The summed E-state index contributed by atoms with van der Waals surface area (Å²) in [4.78, 5) is 6.44. The zero-order chi connectivity index (χ0) is 15.2. The first-order chi connectivity index (χ1) is 10.9. The highest BCUT2D eigenvalue weighted by Crippen LogP contribution is 2.33. The number of hydrogen-bond acceptors (Lipinski definition) is 4. The van der Waals surface area contributed by atoms with Crippen molar-refractivity contribution in [2.45, 2.75) is 13.5 Å². The maximum Gasteiger partial charge on any atom is 0.169 e. The van der Waals surface area contributed by atoms with Crippen molar-refractivity contribution in [3.63, 3.8) is 0 Å². The maximum atomic E-state index is 6.11. The molecule has 0 aliphatic carbocycles. The summed E-state index contributed by atoms with van der Waals surface area (Å²) in [7, 11) is 0. The second-order valence-electron chi connectivity index (χ2n) is 5.08. The summed E-state index contributed by atoms with van der Waals surface area (Å²) in [6.07, 6.45) is 1.91. The normalized spacial score (nSPS) is 13.4. The van der Waals surface area contributed by atoms with Gasteiger partial charge in [-0.2, -0.15) is 0 Å². The van der Waals surface area contributed by atoms with Crippen LogP contribution >= 0.6 is 0 Å². The van der Waals surface area contributed by atoms with Crippen LogP contribution < -0.4 is 9.47 Å². The molecule has 114 valence electrons. The number of aliphatic imine (C=N–C) groups is 1. The Morgan fingerprint density at radius 1 is 1.00 bits per heavy atom. The van der Waals surface area contributed by atoms with Gasteiger partial charge in [0.2, 0.25) is 0 Å². The van der Waals surface area contributed by atoms with E-state index in [1.807, 2.05) is 55.7 Å². The van der Waals surface area contributed by atoms with Crippen LogP contribution in [0.5, 0.6) is 17.2 Å². The molecule has 2 aromatic rings. The minimum Gasteiger partial charge on any atom is -0.490 e. The fourth-order valence-electron chi connectivity index (χ4n) is 2.42. The zero-order valence-corrected chi connectivity index (χ0v) is 12.7. The van der Waals surface area contributed by atoms with E-state index in [1.165, 1.54) is 0 Å². The van der Waals surface area contributed by atoms with Gasteiger partial charge in [0.25, 0.3) is 0 Å². The summed E-state index contributed by atoms with van der Waals surface area (Å²) >= 11 is 0. The second kappa shape index (κ2) is 6.98. The molecule has 0 aromatic heterocycles. The van der Waals surface area contributed by atoms with Crippen LogP contribution in [-0.2, 0) is 6.54 Å². The molecular weight excluding hydrogens is 276 g/mol. The van der Waals surface area contributed by atoms with Crippen molar-refractivity contribution >= 4 is 6.34 Å². The summed E-state index contributed by atoms with van der Waals surface area (Å²) in [5.74, 6) is 2.37. The van der Waals surface area contributed by atoms with Gasteiger partial charge < -0.3 is 14.4 Å². The highest BCUT2D eigenvalue weighted by Gasteiger charge is 2.12. The van der Waals surface area contributed by atoms with E-state index in [1.54, 1.807) is 0 Å². The monoisotopic (exact) mass is 296 g/mol. The Morgan fingerprint density at radius 3 is 2.45 bits per heavy atom. The van der Waals surface area contributed by atoms with Gasteiger partial charge in [-0.25, -0.2) is 0 Å². The van der Waals surface area contributed by atoms with Crippen LogP contribution in [-0.4, -0.2) is 30.9 Å². The highest BCUT2D eigenvalue weighted by atomic mass is 16.5. The summed E-state index contributed by atoms with van der Waals surface area (Å²) in [6, 6.07) is 15.9. The lowest BCUT2D eigenvalue weighted by Crippen LogP contribution is -2.19. The Kier molecular flexibility index (Phi) is 4.59. The Balaban J connectivity index is 1.81. The second-order valence-corrected chi connectivity index (χ2v) is 5.08. The molecule has 2 aromatic carbocycles. The topological polar surface area (TPSA) is 34.1 Å². The Hall–Kier alpha value is -2.49. The van der Waals surface area contributed by atoms with Crippen LogP contribution in [0.15, 0.2) is 53.5 Å². The predicted octanol–water partition coefficient (Wildman–Crippen LogP) is 3.72.